The third-order valence-corrected chi connectivity index (χ3v) is 4.52. The smallest absolute Gasteiger partial charge is 0.408 e. The fraction of sp³-hybridized carbons (Fsp3) is 0.565. The van der Waals surface area contributed by atoms with Gasteiger partial charge in [0.05, 0.1) is 19.3 Å². The van der Waals surface area contributed by atoms with E-state index in [1.165, 1.54) is 0 Å². The molecule has 1 amide bonds. The molecule has 1 heterocycles. The van der Waals surface area contributed by atoms with Gasteiger partial charge in [0, 0.05) is 0 Å². The first kappa shape index (κ1) is 24.8. The molecule has 1 saturated heterocycles. The Bertz CT molecular complexity index is 770. The number of alkyl carbamates (subject to hydrolysis) is 1. The van der Waals surface area contributed by atoms with Crippen molar-refractivity contribution in [1.82, 2.24) is 5.32 Å². The Hall–Kier alpha value is -2.42. The predicted octanol–water partition coefficient (Wildman–Crippen LogP) is 3.04. The van der Waals surface area contributed by atoms with Gasteiger partial charge in [-0.2, -0.15) is 0 Å². The third-order valence-electron chi connectivity index (χ3n) is 4.52. The first-order valence-electron chi connectivity index (χ1n) is 10.2. The highest BCUT2D eigenvalue weighted by Gasteiger charge is 2.49. The summed E-state index contributed by atoms with van der Waals surface area (Å²) in [5.41, 5.74) is 0.268. The molecule has 1 aromatic carbocycles. The number of carbonyl (C=O) groups is 2. The van der Waals surface area contributed by atoms with Crippen molar-refractivity contribution in [3.63, 3.8) is 0 Å². The molecule has 8 nitrogen and oxygen atoms in total. The number of amides is 1. The molecule has 1 aliphatic rings. The molecule has 2 N–H and O–H groups in total. The summed E-state index contributed by atoms with van der Waals surface area (Å²) in [6.45, 7) is 8.61. The molecule has 0 radical (unpaired) electrons. The molecule has 0 bridgehead atoms. The lowest BCUT2D eigenvalue weighted by Crippen LogP contribution is -2.57. The van der Waals surface area contributed by atoms with Crippen LogP contribution in [0.2, 0.25) is 0 Å². The van der Waals surface area contributed by atoms with Gasteiger partial charge in [-0.15, -0.1) is 0 Å². The largest absolute Gasteiger partial charge is 0.467 e. The van der Waals surface area contributed by atoms with Gasteiger partial charge in [0.2, 0.25) is 0 Å². The molecule has 4 atom stereocenters. The molecular formula is C23H33NO7. The Morgan fingerprint density at radius 2 is 1.87 bits per heavy atom. The Morgan fingerprint density at radius 3 is 2.45 bits per heavy atom. The van der Waals surface area contributed by atoms with E-state index in [1.54, 1.807) is 34.6 Å². The van der Waals surface area contributed by atoms with E-state index in [4.69, 9.17) is 14.2 Å². The maximum Gasteiger partial charge on any atom is 0.408 e. The molecule has 31 heavy (non-hydrogen) atoms. The Kier molecular flexibility index (Phi) is 8.22. The van der Waals surface area contributed by atoms with Crippen molar-refractivity contribution in [3.05, 3.63) is 42.0 Å². The molecule has 0 spiro atoms. The average Bonchev–Trinajstić information content (AvgIpc) is 2.98. The minimum Gasteiger partial charge on any atom is -0.467 e. The van der Waals surface area contributed by atoms with Crippen molar-refractivity contribution in [3.8, 4) is 0 Å². The second kappa shape index (κ2) is 10.3. The number of carbonyl (C=O) groups excluding carboxylic acids is 2. The SMILES string of the molecule is COC(=O)[C@@H](O)[C@H](NC(=O)OC(C)(C)C)[C@@H]1OC(C)(C)O[C@H]1C/C=C/c1ccccc1. The Balaban J connectivity index is 2.23. The zero-order valence-corrected chi connectivity index (χ0v) is 19.0. The van der Waals surface area contributed by atoms with Crippen molar-refractivity contribution in [1.29, 1.82) is 0 Å². The predicted molar refractivity (Wildman–Crippen MR) is 115 cm³/mol. The molecule has 0 aromatic heterocycles. The lowest BCUT2D eigenvalue weighted by molar-refractivity contribution is -0.162. The number of ether oxygens (including phenoxy) is 4. The van der Waals surface area contributed by atoms with Crippen LogP contribution in [-0.4, -0.2) is 60.0 Å². The number of hydrogen-bond acceptors (Lipinski definition) is 7. The summed E-state index contributed by atoms with van der Waals surface area (Å²) >= 11 is 0. The van der Waals surface area contributed by atoms with Crippen LogP contribution in [0.5, 0.6) is 0 Å². The highest BCUT2D eigenvalue weighted by molar-refractivity contribution is 5.77. The van der Waals surface area contributed by atoms with Gasteiger partial charge in [-0.05, 0) is 46.6 Å². The number of rotatable bonds is 7. The van der Waals surface area contributed by atoms with E-state index >= 15 is 0 Å². The van der Waals surface area contributed by atoms with Gasteiger partial charge in [-0.25, -0.2) is 9.59 Å². The van der Waals surface area contributed by atoms with Gasteiger partial charge in [-0.1, -0.05) is 42.5 Å². The second-order valence-electron chi connectivity index (χ2n) is 8.83. The number of aliphatic hydroxyl groups excluding tert-OH is 1. The number of benzene rings is 1. The molecule has 8 heteroatoms. The van der Waals surface area contributed by atoms with Crippen LogP contribution in [0.25, 0.3) is 6.08 Å². The second-order valence-corrected chi connectivity index (χ2v) is 8.83. The molecule has 2 rings (SSSR count). The Morgan fingerprint density at radius 1 is 1.23 bits per heavy atom. The lowest BCUT2D eigenvalue weighted by Gasteiger charge is -2.30. The lowest BCUT2D eigenvalue weighted by atomic mass is 9.97. The number of aliphatic hydroxyl groups is 1. The van der Waals surface area contributed by atoms with E-state index in [0.29, 0.717) is 6.42 Å². The molecule has 172 valence electrons. The summed E-state index contributed by atoms with van der Waals surface area (Å²) < 4.78 is 21.9. The van der Waals surface area contributed by atoms with Crippen LogP contribution in [-0.2, 0) is 23.7 Å². The summed E-state index contributed by atoms with van der Waals surface area (Å²) in [4.78, 5) is 24.5. The molecule has 1 aliphatic heterocycles. The zero-order chi connectivity index (χ0) is 23.2. The van der Waals surface area contributed by atoms with E-state index in [0.717, 1.165) is 12.7 Å². The van der Waals surface area contributed by atoms with Crippen LogP contribution < -0.4 is 5.32 Å². The molecule has 0 saturated carbocycles. The normalized spacial score (nSPS) is 22.7. The first-order chi connectivity index (χ1) is 14.4. The van der Waals surface area contributed by atoms with Gasteiger partial charge in [0.15, 0.2) is 11.9 Å². The van der Waals surface area contributed by atoms with Crippen molar-refractivity contribution < 1.29 is 33.6 Å². The Labute approximate surface area is 183 Å². The summed E-state index contributed by atoms with van der Waals surface area (Å²) in [6.07, 6.45) is 0.494. The third kappa shape index (κ3) is 7.65. The zero-order valence-electron chi connectivity index (χ0n) is 19.0. The van der Waals surface area contributed by atoms with Crippen LogP contribution in [0.15, 0.2) is 36.4 Å². The highest BCUT2D eigenvalue weighted by Crippen LogP contribution is 2.33. The van der Waals surface area contributed by atoms with E-state index < -0.39 is 47.8 Å². The maximum atomic E-state index is 12.4. The average molecular weight is 436 g/mol. The van der Waals surface area contributed by atoms with Crippen LogP contribution in [0, 0.1) is 0 Å². The highest BCUT2D eigenvalue weighted by atomic mass is 16.8. The van der Waals surface area contributed by atoms with Gasteiger partial charge in [0.25, 0.3) is 0 Å². The molecule has 1 fully saturated rings. The summed E-state index contributed by atoms with van der Waals surface area (Å²) in [6, 6.07) is 8.61. The van der Waals surface area contributed by atoms with E-state index in [1.807, 2.05) is 42.5 Å². The van der Waals surface area contributed by atoms with E-state index in [-0.39, 0.29) is 0 Å². The van der Waals surface area contributed by atoms with Crippen molar-refractivity contribution >= 4 is 18.1 Å². The minimum absolute atomic E-state index is 0.434. The maximum absolute atomic E-state index is 12.4. The first-order valence-corrected chi connectivity index (χ1v) is 10.2. The van der Waals surface area contributed by atoms with Crippen molar-refractivity contribution in [2.75, 3.05) is 7.11 Å². The van der Waals surface area contributed by atoms with Gasteiger partial charge in [0.1, 0.15) is 11.7 Å². The van der Waals surface area contributed by atoms with Gasteiger partial charge >= 0.3 is 12.1 Å². The van der Waals surface area contributed by atoms with E-state index in [2.05, 4.69) is 10.1 Å². The minimum atomic E-state index is -1.67. The van der Waals surface area contributed by atoms with E-state index in [9.17, 15) is 14.7 Å². The number of nitrogens with one attached hydrogen (secondary N) is 1. The van der Waals surface area contributed by atoms with Crippen LogP contribution in [0.4, 0.5) is 4.79 Å². The molecule has 1 aromatic rings. The molecule has 0 unspecified atom stereocenters. The number of hydrogen-bond donors (Lipinski definition) is 2. The summed E-state index contributed by atoms with van der Waals surface area (Å²) in [5.74, 6) is -1.87. The molecule has 0 aliphatic carbocycles. The summed E-state index contributed by atoms with van der Waals surface area (Å²) in [7, 11) is 1.16. The number of methoxy groups -OCH3 is 1. The fourth-order valence-electron chi connectivity index (χ4n) is 3.30. The van der Waals surface area contributed by atoms with Crippen LogP contribution in [0.1, 0.15) is 46.6 Å². The van der Waals surface area contributed by atoms with Gasteiger partial charge in [-0.3, -0.25) is 0 Å². The standard InChI is InChI=1S/C23H33NO7/c1-22(2,3)31-21(27)24-17(18(25)20(26)28-6)19-16(29-23(4,5)30-19)14-10-13-15-11-8-7-9-12-15/h7-13,16-19,25H,14H2,1-6H3,(H,24,27)/b13-10+/t16-,17-,18-,19+/m0/s1. The quantitative estimate of drug-likeness (QED) is 0.635. The van der Waals surface area contributed by atoms with Crippen molar-refractivity contribution in [2.45, 2.75) is 76.8 Å². The number of esters is 1. The molecular weight excluding hydrogens is 402 g/mol. The monoisotopic (exact) mass is 435 g/mol. The fourth-order valence-corrected chi connectivity index (χ4v) is 3.30. The van der Waals surface area contributed by atoms with Gasteiger partial charge < -0.3 is 29.4 Å². The topological polar surface area (TPSA) is 103 Å². The summed E-state index contributed by atoms with van der Waals surface area (Å²) in [5, 5.41) is 13.1. The van der Waals surface area contributed by atoms with Crippen LogP contribution >= 0.6 is 0 Å². The van der Waals surface area contributed by atoms with Crippen molar-refractivity contribution in [2.24, 2.45) is 0 Å². The van der Waals surface area contributed by atoms with Crippen LogP contribution in [0.3, 0.4) is 0 Å².